The lowest BCUT2D eigenvalue weighted by Gasteiger charge is -2.33. The second-order valence-corrected chi connectivity index (χ2v) is 11.9. The molecule has 14 heteroatoms. The molecule has 1 fully saturated rings. The molecule has 0 aromatic heterocycles. The Morgan fingerprint density at radius 1 is 0.857 bits per heavy atom. The van der Waals surface area contributed by atoms with Crippen molar-refractivity contribution in [2.45, 2.75) is 13.0 Å². The maximum absolute atomic E-state index is 13.6. The highest BCUT2D eigenvalue weighted by atomic mass is 32.2. The molecular weight excluding hydrogens is 574 g/mol. The number of rotatable bonds is 6. The molecule has 0 unspecified atom stereocenters. The summed E-state index contributed by atoms with van der Waals surface area (Å²) < 4.78 is 59.4. The van der Waals surface area contributed by atoms with Gasteiger partial charge >= 0.3 is 18.4 Å². The molecule has 0 aliphatic carbocycles. The van der Waals surface area contributed by atoms with Crippen LogP contribution in [0.1, 0.15) is 15.9 Å². The zero-order valence-electron chi connectivity index (χ0n) is 22.1. The summed E-state index contributed by atoms with van der Waals surface area (Å²) in [6.45, 7) is 0.385. The van der Waals surface area contributed by atoms with Crippen LogP contribution >= 0.6 is 0 Å². The summed E-state index contributed by atoms with van der Waals surface area (Å²) in [4.78, 5) is 39.8. The first-order valence-electron chi connectivity index (χ1n) is 12.8. The summed E-state index contributed by atoms with van der Waals surface area (Å²) >= 11 is 0. The lowest BCUT2D eigenvalue weighted by molar-refractivity contribution is -0.132. The number of fused-ring (bicyclic) bond motifs is 1. The number of nitrogens with one attached hydrogen (secondary N) is 2. The third-order valence-electron chi connectivity index (χ3n) is 6.78. The zero-order valence-corrected chi connectivity index (χ0v) is 22.9. The first-order chi connectivity index (χ1) is 20.1. The molecule has 1 saturated heterocycles. The van der Waals surface area contributed by atoms with Gasteiger partial charge in [0, 0.05) is 24.3 Å². The molecule has 4 amide bonds. The summed E-state index contributed by atoms with van der Waals surface area (Å²) in [6, 6.07) is 18.5. The SMILES string of the molecule is O=C(NNC(=O)C(F)F)c1ccc(CN(C(=O)N2CCS(=O)(=O)CC2)c2ccc(-c3ccc4c(c3)OCO4)cc2)cc1. The topological polar surface area (TPSA) is 134 Å². The molecule has 2 N–H and O–H groups in total. The lowest BCUT2D eigenvalue weighted by atomic mass is 10.0. The van der Waals surface area contributed by atoms with E-state index in [4.69, 9.17) is 9.47 Å². The van der Waals surface area contributed by atoms with E-state index < -0.39 is 28.1 Å². The van der Waals surface area contributed by atoms with E-state index in [0.29, 0.717) is 22.7 Å². The van der Waals surface area contributed by atoms with E-state index in [-0.39, 0.29) is 49.5 Å². The molecule has 2 aliphatic rings. The van der Waals surface area contributed by atoms with Crippen molar-refractivity contribution in [2.75, 3.05) is 36.3 Å². The van der Waals surface area contributed by atoms with Gasteiger partial charge in [0.05, 0.1) is 18.1 Å². The van der Waals surface area contributed by atoms with Crippen molar-refractivity contribution < 1.29 is 41.1 Å². The smallest absolute Gasteiger partial charge is 0.324 e. The van der Waals surface area contributed by atoms with E-state index in [1.54, 1.807) is 29.7 Å². The molecule has 0 atom stereocenters. The molecule has 0 bridgehead atoms. The minimum Gasteiger partial charge on any atom is -0.454 e. The number of ether oxygens (including phenoxy) is 2. The monoisotopic (exact) mass is 600 g/mol. The third-order valence-corrected chi connectivity index (χ3v) is 8.39. The Kier molecular flexibility index (Phi) is 8.24. The van der Waals surface area contributed by atoms with E-state index in [1.807, 2.05) is 35.8 Å². The highest BCUT2D eigenvalue weighted by Crippen LogP contribution is 2.36. The largest absolute Gasteiger partial charge is 0.454 e. The van der Waals surface area contributed by atoms with Crippen LogP contribution in [0.3, 0.4) is 0 Å². The van der Waals surface area contributed by atoms with Crippen LogP contribution in [0.4, 0.5) is 19.3 Å². The van der Waals surface area contributed by atoms with E-state index in [1.165, 1.54) is 21.9 Å². The standard InChI is InChI=1S/C28H26F2N4O7S/c29-25(30)27(36)32-31-26(35)20-3-1-18(2-4-20)16-34(28(37)33-11-13-42(38,39)14-12-33)22-8-5-19(6-9-22)21-7-10-23-24(15-21)41-17-40-23/h1-10,15,25H,11-14,16-17H2,(H,31,35)(H,32,36). The minimum atomic E-state index is -3.28. The van der Waals surface area contributed by atoms with Crippen LogP contribution in [0.25, 0.3) is 11.1 Å². The second-order valence-electron chi connectivity index (χ2n) is 9.56. The molecule has 0 spiro atoms. The average molecular weight is 601 g/mol. The number of amides is 4. The van der Waals surface area contributed by atoms with Crippen LogP contribution in [-0.2, 0) is 21.2 Å². The summed E-state index contributed by atoms with van der Waals surface area (Å²) in [6.07, 6.45) is -3.28. The number of hydrazine groups is 1. The number of urea groups is 1. The molecule has 2 aliphatic heterocycles. The van der Waals surface area contributed by atoms with Crippen LogP contribution in [0, 0.1) is 0 Å². The Morgan fingerprint density at radius 2 is 1.50 bits per heavy atom. The molecule has 5 rings (SSSR count). The first-order valence-corrected chi connectivity index (χ1v) is 14.7. The fourth-order valence-electron chi connectivity index (χ4n) is 4.44. The molecule has 2 heterocycles. The Bertz CT molecular complexity index is 1590. The number of hydrogen-bond donors (Lipinski definition) is 2. The van der Waals surface area contributed by atoms with E-state index in [2.05, 4.69) is 0 Å². The highest BCUT2D eigenvalue weighted by Gasteiger charge is 2.29. The van der Waals surface area contributed by atoms with E-state index in [0.717, 1.165) is 11.1 Å². The number of anilines is 1. The maximum atomic E-state index is 13.6. The quantitative estimate of drug-likeness (QED) is 0.416. The van der Waals surface area contributed by atoms with E-state index in [9.17, 15) is 31.6 Å². The van der Waals surface area contributed by atoms with Crippen LogP contribution in [0.2, 0.25) is 0 Å². The Hall–Kier alpha value is -4.72. The van der Waals surface area contributed by atoms with Gasteiger partial charge in [-0.2, -0.15) is 8.78 Å². The molecule has 220 valence electrons. The fraction of sp³-hybridized carbons (Fsp3) is 0.250. The number of nitrogens with zero attached hydrogens (tertiary/aromatic N) is 2. The van der Waals surface area contributed by atoms with Crippen LogP contribution in [0.15, 0.2) is 66.7 Å². The van der Waals surface area contributed by atoms with Crippen molar-refractivity contribution in [1.29, 1.82) is 0 Å². The van der Waals surface area contributed by atoms with Gasteiger partial charge in [-0.25, -0.2) is 13.2 Å². The van der Waals surface area contributed by atoms with Crippen molar-refractivity contribution in [2.24, 2.45) is 0 Å². The van der Waals surface area contributed by atoms with Gasteiger partial charge in [0.15, 0.2) is 21.3 Å². The average Bonchev–Trinajstić information content (AvgIpc) is 3.47. The molecule has 0 saturated carbocycles. The number of halogens is 2. The molecule has 0 radical (unpaired) electrons. The number of sulfone groups is 1. The van der Waals surface area contributed by atoms with Gasteiger partial charge in [-0.05, 0) is 53.1 Å². The van der Waals surface area contributed by atoms with Crippen molar-refractivity contribution in [3.05, 3.63) is 77.9 Å². The highest BCUT2D eigenvalue weighted by molar-refractivity contribution is 7.91. The van der Waals surface area contributed by atoms with Crippen LogP contribution in [-0.4, -0.2) is 69.0 Å². The van der Waals surface area contributed by atoms with Crippen molar-refractivity contribution >= 4 is 33.4 Å². The molecular formula is C28H26F2N4O7S. The summed E-state index contributed by atoms with van der Waals surface area (Å²) in [5.41, 5.74) is 6.62. The fourth-order valence-corrected chi connectivity index (χ4v) is 5.64. The third kappa shape index (κ3) is 6.60. The van der Waals surface area contributed by atoms with Crippen molar-refractivity contribution in [3.63, 3.8) is 0 Å². The predicted molar refractivity (Wildman–Crippen MR) is 148 cm³/mol. The Balaban J connectivity index is 1.35. The van der Waals surface area contributed by atoms with Gasteiger partial charge in [0.25, 0.3) is 5.91 Å². The van der Waals surface area contributed by atoms with Crippen molar-refractivity contribution in [1.82, 2.24) is 15.8 Å². The normalized spacial score (nSPS) is 15.3. The predicted octanol–water partition coefficient (Wildman–Crippen LogP) is 2.97. The van der Waals surface area contributed by atoms with Gasteiger partial charge in [-0.3, -0.25) is 25.3 Å². The number of hydrogen-bond acceptors (Lipinski definition) is 7. The molecule has 3 aromatic rings. The summed E-state index contributed by atoms with van der Waals surface area (Å²) in [5, 5.41) is 0. The van der Waals surface area contributed by atoms with Crippen LogP contribution in [0.5, 0.6) is 11.5 Å². The summed E-state index contributed by atoms with van der Waals surface area (Å²) in [7, 11) is -3.20. The van der Waals surface area contributed by atoms with Gasteiger partial charge in [-0.15, -0.1) is 0 Å². The van der Waals surface area contributed by atoms with E-state index >= 15 is 0 Å². The van der Waals surface area contributed by atoms with Gasteiger partial charge < -0.3 is 14.4 Å². The van der Waals surface area contributed by atoms with Crippen LogP contribution < -0.4 is 25.2 Å². The first kappa shape index (κ1) is 28.8. The maximum Gasteiger partial charge on any atom is 0.324 e. The van der Waals surface area contributed by atoms with Gasteiger partial charge in [0.1, 0.15) is 0 Å². The van der Waals surface area contributed by atoms with Gasteiger partial charge in [-0.1, -0.05) is 30.3 Å². The van der Waals surface area contributed by atoms with Gasteiger partial charge in [0.2, 0.25) is 6.79 Å². The molecule has 3 aromatic carbocycles. The molecule has 11 nitrogen and oxygen atoms in total. The molecule has 42 heavy (non-hydrogen) atoms. The lowest BCUT2D eigenvalue weighted by Crippen LogP contribution is -2.49. The second kappa shape index (κ2) is 12.0. The minimum absolute atomic E-state index is 0.0659. The van der Waals surface area contributed by atoms with Crippen molar-refractivity contribution in [3.8, 4) is 22.6 Å². The Morgan fingerprint density at radius 3 is 2.17 bits per heavy atom. The number of alkyl halides is 2. The number of carbonyl (C=O) groups is 3. The Labute approximate surface area is 239 Å². The summed E-state index contributed by atoms with van der Waals surface area (Å²) in [5.74, 6) is -1.37. The number of carbonyl (C=O) groups excluding carboxylic acids is 3. The zero-order chi connectivity index (χ0) is 29.9. The number of benzene rings is 3.